The maximum absolute atomic E-state index is 13.4. The number of nitrogens with one attached hydrogen (secondary N) is 2. The summed E-state index contributed by atoms with van der Waals surface area (Å²) in [5.41, 5.74) is 3.04. The van der Waals surface area contributed by atoms with Crippen LogP contribution in [-0.2, 0) is 11.2 Å². The van der Waals surface area contributed by atoms with E-state index in [1.165, 1.54) is 33.5 Å². The number of H-pyrrole nitrogens is 1. The van der Waals surface area contributed by atoms with E-state index in [2.05, 4.69) is 20.3 Å². The van der Waals surface area contributed by atoms with Crippen molar-refractivity contribution in [2.75, 3.05) is 33.2 Å². The molecule has 0 radical (unpaired) electrons. The van der Waals surface area contributed by atoms with Gasteiger partial charge in [0.25, 0.3) is 0 Å². The molecule has 2 amide bonds. The molecule has 3 aromatic rings. The van der Waals surface area contributed by atoms with E-state index in [1.807, 2.05) is 12.1 Å². The number of pyridine rings is 1. The number of methoxy groups -OCH3 is 3. The van der Waals surface area contributed by atoms with Crippen LogP contribution in [0.2, 0.25) is 0 Å². The second-order valence-electron chi connectivity index (χ2n) is 7.07. The van der Waals surface area contributed by atoms with Crippen molar-refractivity contribution in [3.05, 3.63) is 65.5 Å². The highest BCUT2D eigenvalue weighted by molar-refractivity contribution is 6.02. The molecule has 1 aromatic carbocycles. The molecule has 0 unspecified atom stereocenters. The van der Waals surface area contributed by atoms with Crippen molar-refractivity contribution < 1.29 is 23.8 Å². The van der Waals surface area contributed by atoms with Gasteiger partial charge in [-0.25, -0.2) is 14.6 Å². The normalized spacial score (nSPS) is 15.0. The summed E-state index contributed by atoms with van der Waals surface area (Å²) in [6.07, 6.45) is 5.61. The van der Waals surface area contributed by atoms with Gasteiger partial charge in [-0.3, -0.25) is 4.98 Å². The maximum atomic E-state index is 13.4. The van der Waals surface area contributed by atoms with Crippen molar-refractivity contribution in [1.82, 2.24) is 19.9 Å². The van der Waals surface area contributed by atoms with E-state index in [0.29, 0.717) is 24.5 Å². The van der Waals surface area contributed by atoms with E-state index in [-0.39, 0.29) is 11.3 Å². The number of aromatic amines is 1. The van der Waals surface area contributed by atoms with Crippen LogP contribution in [0.25, 0.3) is 0 Å². The minimum Gasteiger partial charge on any atom is -0.493 e. The lowest BCUT2D eigenvalue weighted by molar-refractivity contribution is 0.0601. The van der Waals surface area contributed by atoms with Crippen LogP contribution in [0.1, 0.15) is 33.4 Å². The van der Waals surface area contributed by atoms with Crippen LogP contribution in [0.15, 0.2) is 43.0 Å². The highest BCUT2D eigenvalue weighted by Crippen LogP contribution is 2.36. The number of anilines is 1. The molecule has 1 aliphatic heterocycles. The summed E-state index contributed by atoms with van der Waals surface area (Å²) in [7, 11) is 4.21. The molecule has 4 rings (SSSR count). The molecule has 2 N–H and O–H groups in total. The summed E-state index contributed by atoms with van der Waals surface area (Å²) in [4.78, 5) is 39.2. The lowest BCUT2D eigenvalue weighted by Gasteiger charge is -2.35. The van der Waals surface area contributed by atoms with Gasteiger partial charge in [0, 0.05) is 43.2 Å². The van der Waals surface area contributed by atoms with Gasteiger partial charge in [0.1, 0.15) is 6.04 Å². The molecular weight excluding hydrogens is 414 g/mol. The highest BCUT2D eigenvalue weighted by Gasteiger charge is 2.34. The van der Waals surface area contributed by atoms with Gasteiger partial charge in [-0.05, 0) is 17.7 Å². The predicted octanol–water partition coefficient (Wildman–Crippen LogP) is 2.79. The standard InChI is InChI=1S/C22H23N5O5/c1-30-17-10-14(21(28)32-3)16(11-18(17)31-2)26-22(29)27-9-6-15-19(25-12-24-15)20(27)13-4-7-23-8-5-13/h4-5,7-8,10-12,20H,6,9H2,1-3H3,(H,24,25)(H,26,29)/t20-/m1/s1. The van der Waals surface area contributed by atoms with Crippen LogP contribution < -0.4 is 14.8 Å². The van der Waals surface area contributed by atoms with Crippen LogP contribution >= 0.6 is 0 Å². The van der Waals surface area contributed by atoms with Gasteiger partial charge in [0.15, 0.2) is 11.5 Å². The number of hydrogen-bond donors (Lipinski definition) is 2. The SMILES string of the molecule is COC(=O)c1cc(OC)c(OC)cc1NC(=O)N1CCc2[nH]cnc2[C@H]1c1ccncc1. The van der Waals surface area contributed by atoms with E-state index >= 15 is 0 Å². The number of carbonyl (C=O) groups is 2. The van der Waals surface area contributed by atoms with Crippen molar-refractivity contribution in [3.63, 3.8) is 0 Å². The summed E-state index contributed by atoms with van der Waals surface area (Å²) in [6.45, 7) is 0.453. The van der Waals surface area contributed by atoms with Crippen LogP contribution in [0.5, 0.6) is 11.5 Å². The Kier molecular flexibility index (Phi) is 5.93. The number of ether oxygens (including phenoxy) is 3. The second kappa shape index (κ2) is 8.96. The number of imidazole rings is 1. The Hall–Kier alpha value is -4.08. The minimum atomic E-state index is -0.611. The molecule has 166 valence electrons. The first-order valence-electron chi connectivity index (χ1n) is 9.91. The number of amides is 2. The summed E-state index contributed by atoms with van der Waals surface area (Å²) in [5, 5.41) is 2.84. The Morgan fingerprint density at radius 3 is 2.53 bits per heavy atom. The molecule has 0 bridgehead atoms. The molecule has 0 spiro atoms. The summed E-state index contributed by atoms with van der Waals surface area (Å²) in [6, 6.07) is 5.92. The first-order chi connectivity index (χ1) is 15.6. The Labute approximate surface area is 184 Å². The van der Waals surface area contributed by atoms with E-state index in [9.17, 15) is 9.59 Å². The molecule has 2 aromatic heterocycles. The smallest absolute Gasteiger partial charge is 0.340 e. The van der Waals surface area contributed by atoms with Gasteiger partial charge < -0.3 is 29.4 Å². The molecule has 0 aliphatic carbocycles. The zero-order valence-electron chi connectivity index (χ0n) is 17.9. The third-order valence-electron chi connectivity index (χ3n) is 5.38. The molecule has 0 fully saturated rings. The van der Waals surface area contributed by atoms with Crippen molar-refractivity contribution in [2.24, 2.45) is 0 Å². The van der Waals surface area contributed by atoms with E-state index in [1.54, 1.807) is 23.6 Å². The highest BCUT2D eigenvalue weighted by atomic mass is 16.5. The number of benzene rings is 1. The van der Waals surface area contributed by atoms with Crippen molar-refractivity contribution in [2.45, 2.75) is 12.5 Å². The molecule has 3 heterocycles. The van der Waals surface area contributed by atoms with Crippen LogP contribution in [0.4, 0.5) is 10.5 Å². The van der Waals surface area contributed by atoms with Crippen molar-refractivity contribution >= 4 is 17.7 Å². The molecule has 10 heteroatoms. The van der Waals surface area contributed by atoms with Gasteiger partial charge in [0.05, 0.1) is 44.6 Å². The zero-order chi connectivity index (χ0) is 22.7. The number of hydrogen-bond acceptors (Lipinski definition) is 7. The van der Waals surface area contributed by atoms with Crippen LogP contribution in [0, 0.1) is 0 Å². The molecule has 10 nitrogen and oxygen atoms in total. The first kappa shape index (κ1) is 21.2. The average molecular weight is 437 g/mol. The van der Waals surface area contributed by atoms with Crippen molar-refractivity contribution in [3.8, 4) is 11.5 Å². The topological polar surface area (TPSA) is 119 Å². The maximum Gasteiger partial charge on any atom is 0.340 e. The Morgan fingerprint density at radius 2 is 1.84 bits per heavy atom. The quantitative estimate of drug-likeness (QED) is 0.589. The van der Waals surface area contributed by atoms with Gasteiger partial charge in [-0.2, -0.15) is 0 Å². The fourth-order valence-electron chi connectivity index (χ4n) is 3.83. The Bertz CT molecular complexity index is 1130. The molecule has 1 aliphatic rings. The van der Waals surface area contributed by atoms with E-state index in [4.69, 9.17) is 14.2 Å². The molecule has 0 saturated heterocycles. The second-order valence-corrected chi connectivity index (χ2v) is 7.07. The fourth-order valence-corrected chi connectivity index (χ4v) is 3.83. The number of esters is 1. The third kappa shape index (κ3) is 3.82. The largest absolute Gasteiger partial charge is 0.493 e. The first-order valence-corrected chi connectivity index (χ1v) is 9.91. The van der Waals surface area contributed by atoms with E-state index in [0.717, 1.165) is 17.0 Å². The number of urea groups is 1. The molecular formula is C22H23N5O5. The van der Waals surface area contributed by atoms with Gasteiger partial charge >= 0.3 is 12.0 Å². The van der Waals surface area contributed by atoms with Crippen LogP contribution in [-0.4, -0.2) is 59.7 Å². The van der Waals surface area contributed by atoms with Crippen LogP contribution in [0.3, 0.4) is 0 Å². The number of rotatable bonds is 5. The minimum absolute atomic E-state index is 0.149. The Balaban J connectivity index is 1.71. The summed E-state index contributed by atoms with van der Waals surface area (Å²) >= 11 is 0. The Morgan fingerprint density at radius 1 is 1.12 bits per heavy atom. The fraction of sp³-hybridized carbons (Fsp3) is 0.273. The predicted molar refractivity (Wildman–Crippen MR) is 115 cm³/mol. The summed E-state index contributed by atoms with van der Waals surface area (Å²) in [5.74, 6) is 0.106. The van der Waals surface area contributed by atoms with Gasteiger partial charge in [-0.15, -0.1) is 0 Å². The summed E-state index contributed by atoms with van der Waals surface area (Å²) < 4.78 is 15.5. The molecule has 0 saturated carbocycles. The van der Waals surface area contributed by atoms with Gasteiger partial charge in [0.2, 0.25) is 0 Å². The van der Waals surface area contributed by atoms with Gasteiger partial charge in [-0.1, -0.05) is 0 Å². The lowest BCUT2D eigenvalue weighted by Crippen LogP contribution is -2.43. The molecule has 32 heavy (non-hydrogen) atoms. The number of nitrogens with zero attached hydrogens (tertiary/aromatic N) is 3. The number of aromatic nitrogens is 3. The third-order valence-corrected chi connectivity index (χ3v) is 5.38. The zero-order valence-corrected chi connectivity index (χ0v) is 17.9. The van der Waals surface area contributed by atoms with Crippen molar-refractivity contribution in [1.29, 1.82) is 0 Å². The molecule has 1 atom stereocenters. The monoisotopic (exact) mass is 437 g/mol. The number of fused-ring (bicyclic) bond motifs is 1. The van der Waals surface area contributed by atoms with E-state index < -0.39 is 18.0 Å². The number of carbonyl (C=O) groups excluding carboxylic acids is 2. The lowest BCUT2D eigenvalue weighted by atomic mass is 9.97. The average Bonchev–Trinajstić information content (AvgIpc) is 3.32.